The number of carbonyl (C=O) groups is 1. The van der Waals surface area contributed by atoms with Gasteiger partial charge in [0.2, 0.25) is 0 Å². The first-order valence-electron chi connectivity index (χ1n) is 6.57. The molecule has 3 nitrogen and oxygen atoms in total. The minimum Gasteiger partial charge on any atom is -0.322 e. The highest BCUT2D eigenvalue weighted by Crippen LogP contribution is 2.20. The van der Waals surface area contributed by atoms with Crippen LogP contribution in [0.1, 0.15) is 28.4 Å². The highest BCUT2D eigenvalue weighted by atomic mass is 16.1. The molecule has 0 aliphatic carbocycles. The van der Waals surface area contributed by atoms with Crippen molar-refractivity contribution in [2.75, 3.05) is 5.32 Å². The van der Waals surface area contributed by atoms with Crippen LogP contribution in [-0.4, -0.2) is 12.1 Å². The van der Waals surface area contributed by atoms with Crippen LogP contribution in [0.2, 0.25) is 0 Å². The summed E-state index contributed by atoms with van der Waals surface area (Å²) < 4.78 is 0. The van der Waals surface area contributed by atoms with Gasteiger partial charge in [-0.3, -0.25) is 9.79 Å². The Morgan fingerprint density at radius 1 is 1.10 bits per heavy atom. The number of amides is 1. The average Bonchev–Trinajstić information content (AvgIpc) is 2.44. The molecule has 20 heavy (non-hydrogen) atoms. The Balaban J connectivity index is 2.21. The lowest BCUT2D eigenvalue weighted by Crippen LogP contribution is -2.11. The molecule has 0 saturated carbocycles. The van der Waals surface area contributed by atoms with Crippen molar-refractivity contribution in [3.8, 4) is 0 Å². The Morgan fingerprint density at radius 2 is 1.80 bits per heavy atom. The van der Waals surface area contributed by atoms with E-state index in [2.05, 4.69) is 10.3 Å². The van der Waals surface area contributed by atoms with E-state index in [1.54, 1.807) is 12.3 Å². The van der Waals surface area contributed by atoms with Crippen molar-refractivity contribution >= 4 is 23.5 Å². The van der Waals surface area contributed by atoms with Gasteiger partial charge >= 0.3 is 0 Å². The van der Waals surface area contributed by atoms with E-state index in [0.29, 0.717) is 5.56 Å². The maximum atomic E-state index is 12.2. The second kappa shape index (κ2) is 6.15. The van der Waals surface area contributed by atoms with Crippen LogP contribution in [0.15, 0.2) is 47.5 Å². The Bertz CT molecular complexity index is 643. The van der Waals surface area contributed by atoms with Crippen LogP contribution in [-0.2, 0) is 0 Å². The average molecular weight is 266 g/mol. The van der Waals surface area contributed by atoms with E-state index < -0.39 is 0 Å². The van der Waals surface area contributed by atoms with Gasteiger partial charge in [0.25, 0.3) is 5.91 Å². The van der Waals surface area contributed by atoms with Crippen LogP contribution in [0, 0.1) is 13.8 Å². The van der Waals surface area contributed by atoms with E-state index in [4.69, 9.17) is 0 Å². The normalized spacial score (nSPS) is 10.8. The zero-order valence-electron chi connectivity index (χ0n) is 12.0. The van der Waals surface area contributed by atoms with E-state index in [1.165, 1.54) is 0 Å². The van der Waals surface area contributed by atoms with E-state index in [9.17, 15) is 4.79 Å². The summed E-state index contributed by atoms with van der Waals surface area (Å²) in [6.45, 7) is 5.85. The van der Waals surface area contributed by atoms with Crippen LogP contribution >= 0.6 is 0 Å². The zero-order valence-corrected chi connectivity index (χ0v) is 12.0. The quantitative estimate of drug-likeness (QED) is 0.828. The smallest absolute Gasteiger partial charge is 0.255 e. The number of aliphatic imine (C=N–C) groups is 1. The molecule has 2 rings (SSSR count). The fourth-order valence-electron chi connectivity index (χ4n) is 1.87. The molecule has 0 aromatic heterocycles. The number of hydrogen-bond donors (Lipinski definition) is 1. The molecule has 0 spiro atoms. The van der Waals surface area contributed by atoms with Gasteiger partial charge in [-0.15, -0.1) is 0 Å². The van der Waals surface area contributed by atoms with Gasteiger partial charge in [-0.1, -0.05) is 23.8 Å². The van der Waals surface area contributed by atoms with Gasteiger partial charge in [0, 0.05) is 17.5 Å². The summed E-state index contributed by atoms with van der Waals surface area (Å²) in [4.78, 5) is 16.5. The molecule has 0 heterocycles. The second-order valence-electron chi connectivity index (χ2n) is 4.71. The Kier molecular flexibility index (Phi) is 4.31. The van der Waals surface area contributed by atoms with Gasteiger partial charge in [0.05, 0.1) is 5.69 Å². The number of anilines is 1. The lowest BCUT2D eigenvalue weighted by atomic mass is 10.1. The lowest BCUT2D eigenvalue weighted by Gasteiger charge is -2.07. The van der Waals surface area contributed by atoms with Gasteiger partial charge in [-0.2, -0.15) is 0 Å². The molecule has 0 fully saturated rings. The molecule has 102 valence electrons. The van der Waals surface area contributed by atoms with Crippen molar-refractivity contribution in [1.29, 1.82) is 0 Å². The van der Waals surface area contributed by atoms with Crippen LogP contribution < -0.4 is 5.32 Å². The highest BCUT2D eigenvalue weighted by molar-refractivity contribution is 6.04. The third kappa shape index (κ3) is 3.32. The predicted molar refractivity (Wildman–Crippen MR) is 84.1 cm³/mol. The highest BCUT2D eigenvalue weighted by Gasteiger charge is 2.08. The van der Waals surface area contributed by atoms with Crippen LogP contribution in [0.3, 0.4) is 0 Å². The molecule has 0 unspecified atom stereocenters. The summed E-state index contributed by atoms with van der Waals surface area (Å²) in [6, 6.07) is 13.3. The Morgan fingerprint density at radius 3 is 2.45 bits per heavy atom. The van der Waals surface area contributed by atoms with Gasteiger partial charge in [0.15, 0.2) is 0 Å². The fourth-order valence-corrected chi connectivity index (χ4v) is 1.87. The summed E-state index contributed by atoms with van der Waals surface area (Å²) in [5.74, 6) is -0.124. The maximum absolute atomic E-state index is 12.2. The van der Waals surface area contributed by atoms with Crippen molar-refractivity contribution in [1.82, 2.24) is 0 Å². The molecule has 3 heteroatoms. The minimum absolute atomic E-state index is 0.124. The number of rotatable bonds is 3. The monoisotopic (exact) mass is 266 g/mol. The summed E-state index contributed by atoms with van der Waals surface area (Å²) in [6.07, 6.45) is 1.73. The van der Waals surface area contributed by atoms with Gasteiger partial charge in [0.1, 0.15) is 0 Å². The molecule has 1 amide bonds. The second-order valence-corrected chi connectivity index (χ2v) is 4.71. The SMILES string of the molecule is CC=Nc1cc(C(=O)Nc2ccc(C)cc2)ccc1C. The topological polar surface area (TPSA) is 41.5 Å². The number of nitrogens with zero attached hydrogens (tertiary/aromatic N) is 1. The van der Waals surface area contributed by atoms with Gasteiger partial charge in [-0.25, -0.2) is 0 Å². The van der Waals surface area contributed by atoms with Crippen molar-refractivity contribution in [3.05, 3.63) is 59.2 Å². The summed E-state index contributed by atoms with van der Waals surface area (Å²) in [7, 11) is 0. The predicted octanol–water partition coefficient (Wildman–Crippen LogP) is 4.28. The molecule has 0 aliphatic heterocycles. The molecule has 0 radical (unpaired) electrons. The molecular formula is C17H18N2O. The first kappa shape index (κ1) is 14.0. The molecular weight excluding hydrogens is 248 g/mol. The van der Waals surface area contributed by atoms with Crippen LogP contribution in [0.25, 0.3) is 0 Å². The summed E-state index contributed by atoms with van der Waals surface area (Å²) in [5.41, 5.74) is 4.44. The van der Waals surface area contributed by atoms with E-state index in [0.717, 1.165) is 22.5 Å². The summed E-state index contributed by atoms with van der Waals surface area (Å²) in [5, 5.41) is 2.88. The third-order valence-corrected chi connectivity index (χ3v) is 3.05. The number of aryl methyl sites for hydroxylation is 2. The first-order chi connectivity index (χ1) is 9.60. The molecule has 0 aliphatic rings. The Labute approximate surface area is 119 Å². The molecule has 0 atom stereocenters. The van der Waals surface area contributed by atoms with Crippen LogP contribution in [0.4, 0.5) is 11.4 Å². The Hall–Kier alpha value is -2.42. The fraction of sp³-hybridized carbons (Fsp3) is 0.176. The molecule has 2 aromatic carbocycles. The zero-order chi connectivity index (χ0) is 14.5. The van der Waals surface area contributed by atoms with Crippen molar-refractivity contribution in [3.63, 3.8) is 0 Å². The van der Waals surface area contributed by atoms with Crippen molar-refractivity contribution in [2.24, 2.45) is 4.99 Å². The molecule has 1 N–H and O–H groups in total. The van der Waals surface area contributed by atoms with E-state index in [1.807, 2.05) is 57.2 Å². The first-order valence-corrected chi connectivity index (χ1v) is 6.57. The minimum atomic E-state index is -0.124. The molecule has 0 saturated heterocycles. The maximum Gasteiger partial charge on any atom is 0.255 e. The number of carbonyl (C=O) groups excluding carboxylic acids is 1. The number of nitrogens with one attached hydrogen (secondary N) is 1. The van der Waals surface area contributed by atoms with Crippen molar-refractivity contribution < 1.29 is 4.79 Å². The lowest BCUT2D eigenvalue weighted by molar-refractivity contribution is 0.102. The van der Waals surface area contributed by atoms with Gasteiger partial charge < -0.3 is 5.32 Å². The van der Waals surface area contributed by atoms with Gasteiger partial charge in [-0.05, 0) is 50.6 Å². The van der Waals surface area contributed by atoms with Crippen LogP contribution in [0.5, 0.6) is 0 Å². The number of hydrogen-bond acceptors (Lipinski definition) is 2. The van der Waals surface area contributed by atoms with Crippen molar-refractivity contribution in [2.45, 2.75) is 20.8 Å². The standard InChI is InChI=1S/C17H18N2O/c1-4-18-16-11-14(8-7-13(16)3)17(20)19-15-9-5-12(2)6-10-15/h4-11H,1-3H3,(H,19,20). The van der Waals surface area contributed by atoms with E-state index in [-0.39, 0.29) is 5.91 Å². The van der Waals surface area contributed by atoms with E-state index >= 15 is 0 Å². The number of benzene rings is 2. The summed E-state index contributed by atoms with van der Waals surface area (Å²) >= 11 is 0. The largest absolute Gasteiger partial charge is 0.322 e. The molecule has 2 aromatic rings. The third-order valence-electron chi connectivity index (χ3n) is 3.05. The molecule has 0 bridgehead atoms.